The smallest absolute Gasteiger partial charge is 0.207 e. The number of benzene rings is 1. The lowest BCUT2D eigenvalue weighted by atomic mass is 10.1. The molecule has 72 valence electrons. The van der Waals surface area contributed by atoms with E-state index in [-0.39, 0.29) is 17.2 Å². The lowest BCUT2D eigenvalue weighted by Crippen LogP contribution is -1.90. The van der Waals surface area contributed by atoms with Crippen molar-refractivity contribution in [2.24, 2.45) is 0 Å². The third-order valence-electron chi connectivity index (χ3n) is 2.13. The molecule has 0 aromatic heterocycles. The molecule has 0 aliphatic carbocycles. The van der Waals surface area contributed by atoms with Crippen LogP contribution in [0.4, 0.5) is 0 Å². The Morgan fingerprint density at radius 1 is 0.846 bits per heavy atom. The van der Waals surface area contributed by atoms with E-state index in [1.807, 2.05) is 0 Å². The SMILES string of the molecule is COc1c(O)c(C)c(C)c(O)c1O. The summed E-state index contributed by atoms with van der Waals surface area (Å²) < 4.78 is 4.73. The first kappa shape index (κ1) is 9.51. The van der Waals surface area contributed by atoms with Crippen LogP contribution in [0.5, 0.6) is 23.0 Å². The van der Waals surface area contributed by atoms with Gasteiger partial charge in [0.1, 0.15) is 0 Å². The van der Waals surface area contributed by atoms with Gasteiger partial charge in [0.05, 0.1) is 7.11 Å². The predicted octanol–water partition coefficient (Wildman–Crippen LogP) is 1.43. The fraction of sp³-hybridized carbons (Fsp3) is 0.333. The Hall–Kier alpha value is -1.58. The van der Waals surface area contributed by atoms with E-state index in [2.05, 4.69) is 0 Å². The molecule has 0 aliphatic heterocycles. The molecule has 1 aromatic carbocycles. The van der Waals surface area contributed by atoms with Crippen molar-refractivity contribution in [1.29, 1.82) is 0 Å². The Bertz CT molecular complexity index is 315. The number of phenolic OH excluding ortho intramolecular Hbond substituents is 3. The highest BCUT2D eigenvalue weighted by molar-refractivity contribution is 5.64. The summed E-state index contributed by atoms with van der Waals surface area (Å²) in [6.45, 7) is 3.23. The number of phenols is 3. The molecule has 0 saturated carbocycles. The molecule has 0 spiro atoms. The Morgan fingerprint density at radius 2 is 1.31 bits per heavy atom. The highest BCUT2D eigenvalue weighted by Gasteiger charge is 2.18. The number of aromatic hydroxyl groups is 3. The Morgan fingerprint density at radius 3 is 1.77 bits per heavy atom. The average molecular weight is 184 g/mol. The minimum Gasteiger partial charge on any atom is -0.504 e. The molecule has 4 heteroatoms. The molecule has 0 aliphatic rings. The summed E-state index contributed by atoms with van der Waals surface area (Å²) >= 11 is 0. The van der Waals surface area contributed by atoms with Crippen molar-refractivity contribution in [3.8, 4) is 23.0 Å². The maximum absolute atomic E-state index is 9.49. The number of hydrogen-bond acceptors (Lipinski definition) is 4. The average Bonchev–Trinajstić information content (AvgIpc) is 2.13. The first-order chi connectivity index (χ1) is 6.00. The van der Waals surface area contributed by atoms with Crippen LogP contribution >= 0.6 is 0 Å². The molecule has 4 nitrogen and oxygen atoms in total. The Balaban J connectivity index is 3.56. The number of ether oxygens (including phenoxy) is 1. The van der Waals surface area contributed by atoms with Gasteiger partial charge >= 0.3 is 0 Å². The molecular weight excluding hydrogens is 172 g/mol. The van der Waals surface area contributed by atoms with Gasteiger partial charge < -0.3 is 20.1 Å². The minimum atomic E-state index is -0.428. The van der Waals surface area contributed by atoms with Crippen molar-refractivity contribution in [3.63, 3.8) is 0 Å². The zero-order valence-electron chi connectivity index (χ0n) is 7.75. The number of methoxy groups -OCH3 is 1. The lowest BCUT2D eigenvalue weighted by molar-refractivity contribution is 0.326. The second kappa shape index (κ2) is 3.05. The molecule has 3 N–H and O–H groups in total. The summed E-state index contributed by atoms with van der Waals surface area (Å²) in [6.07, 6.45) is 0. The summed E-state index contributed by atoms with van der Waals surface area (Å²) in [5.41, 5.74) is 0.933. The maximum atomic E-state index is 9.49. The van der Waals surface area contributed by atoms with Gasteiger partial charge in [-0.25, -0.2) is 0 Å². The van der Waals surface area contributed by atoms with Gasteiger partial charge in [0.2, 0.25) is 11.5 Å². The number of rotatable bonds is 1. The molecule has 1 aromatic rings. The fourth-order valence-electron chi connectivity index (χ4n) is 1.12. The van der Waals surface area contributed by atoms with Gasteiger partial charge in [-0.15, -0.1) is 0 Å². The Kier molecular flexibility index (Phi) is 2.23. The van der Waals surface area contributed by atoms with Crippen molar-refractivity contribution in [1.82, 2.24) is 0 Å². The van der Waals surface area contributed by atoms with Gasteiger partial charge in [0, 0.05) is 11.1 Å². The quantitative estimate of drug-likeness (QED) is 0.456. The van der Waals surface area contributed by atoms with Crippen LogP contribution in [0.15, 0.2) is 0 Å². The van der Waals surface area contributed by atoms with E-state index in [1.54, 1.807) is 13.8 Å². The van der Waals surface area contributed by atoms with Gasteiger partial charge in [-0.1, -0.05) is 0 Å². The zero-order chi connectivity index (χ0) is 10.2. The first-order valence-corrected chi connectivity index (χ1v) is 3.78. The number of hydrogen-bond donors (Lipinski definition) is 3. The van der Waals surface area contributed by atoms with Crippen LogP contribution in [-0.4, -0.2) is 22.4 Å². The molecular formula is C9H12O4. The van der Waals surface area contributed by atoms with Crippen molar-refractivity contribution < 1.29 is 20.1 Å². The summed E-state index contributed by atoms with van der Waals surface area (Å²) in [7, 11) is 1.31. The van der Waals surface area contributed by atoms with Crippen molar-refractivity contribution >= 4 is 0 Å². The zero-order valence-corrected chi connectivity index (χ0v) is 7.75. The molecule has 0 heterocycles. The van der Waals surface area contributed by atoms with Gasteiger partial charge in [-0.2, -0.15) is 0 Å². The van der Waals surface area contributed by atoms with Gasteiger partial charge in [0.15, 0.2) is 11.5 Å². The normalized spacial score (nSPS) is 10.1. The molecule has 0 atom stereocenters. The van der Waals surface area contributed by atoms with Gasteiger partial charge in [-0.3, -0.25) is 0 Å². The van der Waals surface area contributed by atoms with Crippen molar-refractivity contribution in [2.45, 2.75) is 13.8 Å². The topological polar surface area (TPSA) is 69.9 Å². The van der Waals surface area contributed by atoms with E-state index in [1.165, 1.54) is 7.11 Å². The monoisotopic (exact) mass is 184 g/mol. The molecule has 0 saturated heterocycles. The van der Waals surface area contributed by atoms with Crippen LogP contribution < -0.4 is 4.74 Å². The highest BCUT2D eigenvalue weighted by Crippen LogP contribution is 2.46. The van der Waals surface area contributed by atoms with E-state index in [0.29, 0.717) is 11.1 Å². The van der Waals surface area contributed by atoms with Crippen molar-refractivity contribution in [3.05, 3.63) is 11.1 Å². The Labute approximate surface area is 76.0 Å². The van der Waals surface area contributed by atoms with Gasteiger partial charge in [0.25, 0.3) is 0 Å². The predicted molar refractivity (Wildman–Crippen MR) is 47.5 cm³/mol. The molecule has 0 unspecified atom stereocenters. The molecule has 0 radical (unpaired) electrons. The first-order valence-electron chi connectivity index (χ1n) is 3.78. The van der Waals surface area contributed by atoms with Crippen LogP contribution in [0.25, 0.3) is 0 Å². The van der Waals surface area contributed by atoms with E-state index >= 15 is 0 Å². The summed E-state index contributed by atoms with van der Waals surface area (Å²) in [5, 5.41) is 28.2. The largest absolute Gasteiger partial charge is 0.504 e. The van der Waals surface area contributed by atoms with Crippen LogP contribution in [0.1, 0.15) is 11.1 Å². The van der Waals surface area contributed by atoms with E-state index < -0.39 is 5.75 Å². The second-order valence-corrected chi connectivity index (χ2v) is 2.83. The second-order valence-electron chi connectivity index (χ2n) is 2.83. The molecule has 0 bridgehead atoms. The van der Waals surface area contributed by atoms with E-state index in [9.17, 15) is 15.3 Å². The molecule has 0 amide bonds. The van der Waals surface area contributed by atoms with E-state index in [4.69, 9.17) is 4.74 Å². The summed E-state index contributed by atoms with van der Waals surface area (Å²) in [4.78, 5) is 0. The molecule has 13 heavy (non-hydrogen) atoms. The summed E-state index contributed by atoms with van der Waals surface area (Å²) in [5.74, 6) is -0.925. The van der Waals surface area contributed by atoms with Crippen molar-refractivity contribution in [2.75, 3.05) is 7.11 Å². The van der Waals surface area contributed by atoms with Gasteiger partial charge in [-0.05, 0) is 13.8 Å². The maximum Gasteiger partial charge on any atom is 0.207 e. The summed E-state index contributed by atoms with van der Waals surface area (Å²) in [6, 6.07) is 0. The molecule has 0 fully saturated rings. The standard InChI is InChI=1S/C9H12O4/c1-4-5(2)7(11)9(13-3)8(12)6(4)10/h10-12H,1-3H3. The minimum absolute atomic E-state index is 0.0967. The molecule has 1 rings (SSSR count). The third kappa shape index (κ3) is 1.24. The fourth-order valence-corrected chi connectivity index (χ4v) is 1.12. The van der Waals surface area contributed by atoms with Crippen LogP contribution in [0.2, 0.25) is 0 Å². The van der Waals surface area contributed by atoms with Crippen LogP contribution in [0.3, 0.4) is 0 Å². The third-order valence-corrected chi connectivity index (χ3v) is 2.13. The lowest BCUT2D eigenvalue weighted by Gasteiger charge is -2.12. The highest BCUT2D eigenvalue weighted by atomic mass is 16.5. The van der Waals surface area contributed by atoms with E-state index in [0.717, 1.165) is 0 Å². The van der Waals surface area contributed by atoms with Crippen LogP contribution in [0, 0.1) is 13.8 Å². The van der Waals surface area contributed by atoms with Crippen LogP contribution in [-0.2, 0) is 0 Å².